The van der Waals surface area contributed by atoms with Crippen molar-refractivity contribution in [1.82, 2.24) is 5.32 Å². The van der Waals surface area contributed by atoms with Crippen molar-refractivity contribution >= 4 is 17.3 Å². The minimum absolute atomic E-state index is 0.147. The molecule has 2 aromatic rings. The second-order valence-electron chi connectivity index (χ2n) is 5.50. The average Bonchev–Trinajstić information content (AvgIpc) is 3.02. The first-order valence-electron chi connectivity index (χ1n) is 7.45. The summed E-state index contributed by atoms with van der Waals surface area (Å²) >= 11 is 0. The Kier molecular flexibility index (Phi) is 3.20. The molecule has 2 aliphatic rings. The van der Waals surface area contributed by atoms with Crippen molar-refractivity contribution in [2.45, 2.75) is 13.1 Å². The van der Waals surface area contributed by atoms with E-state index in [1.54, 1.807) is 6.07 Å². The highest BCUT2D eigenvalue weighted by Crippen LogP contribution is 2.31. The molecule has 0 atom stereocenters. The molecule has 0 bridgehead atoms. The van der Waals surface area contributed by atoms with E-state index in [0.29, 0.717) is 17.9 Å². The van der Waals surface area contributed by atoms with E-state index >= 15 is 0 Å². The lowest BCUT2D eigenvalue weighted by Gasteiger charge is -2.21. The standard InChI is InChI=1S/C17H17N3O2/c21-17(14-2-1-3-15-16(14)22-7-6-19-15)20-13-5-4-11-9-18-10-12(11)8-13/h1-5,8,18-19H,6-7,9-10H2,(H,20,21). The van der Waals surface area contributed by atoms with Crippen LogP contribution in [0.4, 0.5) is 11.4 Å². The monoisotopic (exact) mass is 295 g/mol. The van der Waals surface area contributed by atoms with Crippen molar-refractivity contribution in [2.75, 3.05) is 23.8 Å². The first kappa shape index (κ1) is 13.2. The van der Waals surface area contributed by atoms with Gasteiger partial charge in [-0.3, -0.25) is 4.79 Å². The van der Waals surface area contributed by atoms with Gasteiger partial charge in [0.15, 0.2) is 5.75 Å². The van der Waals surface area contributed by atoms with E-state index in [2.05, 4.69) is 22.0 Å². The number of hydrogen-bond donors (Lipinski definition) is 3. The summed E-state index contributed by atoms with van der Waals surface area (Å²) in [5.41, 5.74) is 4.78. The predicted molar refractivity (Wildman–Crippen MR) is 85.4 cm³/mol. The molecule has 22 heavy (non-hydrogen) atoms. The molecule has 4 rings (SSSR count). The molecule has 1 amide bonds. The van der Waals surface area contributed by atoms with E-state index in [0.717, 1.165) is 31.0 Å². The second kappa shape index (κ2) is 5.35. The van der Waals surface area contributed by atoms with Gasteiger partial charge in [-0.2, -0.15) is 0 Å². The maximum absolute atomic E-state index is 12.6. The minimum atomic E-state index is -0.147. The lowest BCUT2D eigenvalue weighted by molar-refractivity contribution is 0.102. The van der Waals surface area contributed by atoms with E-state index in [9.17, 15) is 4.79 Å². The van der Waals surface area contributed by atoms with Crippen LogP contribution < -0.4 is 20.7 Å². The number of fused-ring (bicyclic) bond motifs is 2. The Morgan fingerprint density at radius 3 is 3.00 bits per heavy atom. The van der Waals surface area contributed by atoms with Gasteiger partial charge in [0.05, 0.1) is 11.3 Å². The van der Waals surface area contributed by atoms with Crippen LogP contribution in [0.15, 0.2) is 36.4 Å². The van der Waals surface area contributed by atoms with Crippen LogP contribution in [0, 0.1) is 0 Å². The van der Waals surface area contributed by atoms with Gasteiger partial charge >= 0.3 is 0 Å². The summed E-state index contributed by atoms with van der Waals surface area (Å²) in [5, 5.41) is 9.51. The Morgan fingerprint density at radius 2 is 2.05 bits per heavy atom. The topological polar surface area (TPSA) is 62.4 Å². The number of anilines is 2. The molecule has 0 aliphatic carbocycles. The first-order chi connectivity index (χ1) is 10.8. The van der Waals surface area contributed by atoms with Gasteiger partial charge in [0, 0.05) is 25.3 Å². The van der Waals surface area contributed by atoms with Crippen LogP contribution in [0.3, 0.4) is 0 Å². The molecule has 0 saturated carbocycles. The van der Waals surface area contributed by atoms with Crippen molar-refractivity contribution in [3.8, 4) is 5.75 Å². The minimum Gasteiger partial charge on any atom is -0.489 e. The number of amides is 1. The molecule has 5 heteroatoms. The molecule has 5 nitrogen and oxygen atoms in total. The number of benzene rings is 2. The summed E-state index contributed by atoms with van der Waals surface area (Å²) in [6.07, 6.45) is 0. The number of carbonyl (C=O) groups is 1. The summed E-state index contributed by atoms with van der Waals surface area (Å²) in [6, 6.07) is 11.6. The highest BCUT2D eigenvalue weighted by atomic mass is 16.5. The Balaban J connectivity index is 1.60. The average molecular weight is 295 g/mol. The molecule has 2 aromatic carbocycles. The van der Waals surface area contributed by atoms with E-state index in [-0.39, 0.29) is 5.91 Å². The molecule has 112 valence electrons. The van der Waals surface area contributed by atoms with Crippen LogP contribution in [0.2, 0.25) is 0 Å². The molecule has 0 spiro atoms. The fraction of sp³-hybridized carbons (Fsp3) is 0.235. The van der Waals surface area contributed by atoms with Crippen LogP contribution in [0.5, 0.6) is 5.75 Å². The third kappa shape index (κ3) is 2.29. The maximum Gasteiger partial charge on any atom is 0.259 e. The highest BCUT2D eigenvalue weighted by Gasteiger charge is 2.19. The van der Waals surface area contributed by atoms with Gasteiger partial charge in [-0.05, 0) is 35.4 Å². The van der Waals surface area contributed by atoms with Crippen LogP contribution in [-0.2, 0) is 13.1 Å². The fourth-order valence-corrected chi connectivity index (χ4v) is 2.92. The number of hydrogen-bond acceptors (Lipinski definition) is 4. The molecular formula is C17H17N3O2. The Morgan fingerprint density at radius 1 is 1.14 bits per heavy atom. The molecule has 0 radical (unpaired) electrons. The Hall–Kier alpha value is -2.53. The Bertz CT molecular complexity index is 743. The zero-order valence-corrected chi connectivity index (χ0v) is 12.1. The zero-order valence-electron chi connectivity index (χ0n) is 12.1. The quantitative estimate of drug-likeness (QED) is 0.796. The van der Waals surface area contributed by atoms with Gasteiger partial charge < -0.3 is 20.7 Å². The lowest BCUT2D eigenvalue weighted by Crippen LogP contribution is -2.21. The number of rotatable bonds is 2. The van der Waals surface area contributed by atoms with E-state index in [1.807, 2.05) is 24.3 Å². The largest absolute Gasteiger partial charge is 0.489 e. The predicted octanol–water partition coefficient (Wildman–Crippen LogP) is 2.35. The van der Waals surface area contributed by atoms with Crippen molar-refractivity contribution < 1.29 is 9.53 Å². The smallest absolute Gasteiger partial charge is 0.259 e. The SMILES string of the molecule is O=C(Nc1ccc2c(c1)CNC2)c1cccc2c1OCCN2. The van der Waals surface area contributed by atoms with Gasteiger partial charge in [0.2, 0.25) is 0 Å². The summed E-state index contributed by atoms with van der Waals surface area (Å²) in [7, 11) is 0. The van der Waals surface area contributed by atoms with Gasteiger partial charge in [-0.25, -0.2) is 0 Å². The number of para-hydroxylation sites is 1. The van der Waals surface area contributed by atoms with E-state index in [4.69, 9.17) is 4.74 Å². The van der Waals surface area contributed by atoms with Crippen molar-refractivity contribution in [1.29, 1.82) is 0 Å². The van der Waals surface area contributed by atoms with Crippen LogP contribution in [0.25, 0.3) is 0 Å². The maximum atomic E-state index is 12.6. The molecule has 2 aliphatic heterocycles. The zero-order chi connectivity index (χ0) is 14.9. The molecule has 0 fully saturated rings. The molecule has 3 N–H and O–H groups in total. The van der Waals surface area contributed by atoms with E-state index in [1.165, 1.54) is 11.1 Å². The normalized spacial score (nSPS) is 15.3. The number of nitrogens with one attached hydrogen (secondary N) is 3. The van der Waals surface area contributed by atoms with Gasteiger partial charge in [-0.1, -0.05) is 12.1 Å². The third-order valence-electron chi connectivity index (χ3n) is 4.02. The molecule has 0 aromatic heterocycles. The third-order valence-corrected chi connectivity index (χ3v) is 4.02. The molecule has 0 saturated heterocycles. The number of carbonyl (C=O) groups excluding carboxylic acids is 1. The first-order valence-corrected chi connectivity index (χ1v) is 7.45. The van der Waals surface area contributed by atoms with Crippen molar-refractivity contribution in [3.63, 3.8) is 0 Å². The fourth-order valence-electron chi connectivity index (χ4n) is 2.92. The molecular weight excluding hydrogens is 278 g/mol. The Labute approximate surface area is 128 Å². The van der Waals surface area contributed by atoms with E-state index < -0.39 is 0 Å². The summed E-state index contributed by atoms with van der Waals surface area (Å²) in [5.74, 6) is 0.487. The van der Waals surface area contributed by atoms with Gasteiger partial charge in [-0.15, -0.1) is 0 Å². The highest BCUT2D eigenvalue weighted by molar-refractivity contribution is 6.07. The van der Waals surface area contributed by atoms with Crippen molar-refractivity contribution in [2.24, 2.45) is 0 Å². The van der Waals surface area contributed by atoms with Crippen LogP contribution in [0.1, 0.15) is 21.5 Å². The summed E-state index contributed by atoms with van der Waals surface area (Å²) < 4.78 is 5.65. The van der Waals surface area contributed by atoms with Crippen LogP contribution in [-0.4, -0.2) is 19.1 Å². The van der Waals surface area contributed by atoms with Crippen molar-refractivity contribution in [3.05, 3.63) is 53.1 Å². The summed E-state index contributed by atoms with van der Waals surface area (Å²) in [6.45, 7) is 3.08. The van der Waals surface area contributed by atoms with Gasteiger partial charge in [0.1, 0.15) is 6.61 Å². The second-order valence-corrected chi connectivity index (χ2v) is 5.50. The summed E-state index contributed by atoms with van der Waals surface area (Å²) in [4.78, 5) is 12.6. The lowest BCUT2D eigenvalue weighted by atomic mass is 10.1. The van der Waals surface area contributed by atoms with Crippen LogP contribution >= 0.6 is 0 Å². The molecule has 0 unspecified atom stereocenters. The van der Waals surface area contributed by atoms with Gasteiger partial charge in [0.25, 0.3) is 5.91 Å². The number of ether oxygens (including phenoxy) is 1. The molecule has 2 heterocycles.